The molecule has 5 aromatic rings. The molecule has 1 spiro atoms. The summed E-state index contributed by atoms with van der Waals surface area (Å²) in [6, 6.07) is 23.6. The van der Waals surface area contributed by atoms with E-state index in [1.54, 1.807) is 5.56 Å². The van der Waals surface area contributed by atoms with Gasteiger partial charge in [-0.2, -0.15) is 0 Å². The van der Waals surface area contributed by atoms with Crippen molar-refractivity contribution in [3.8, 4) is 28.0 Å². The molecule has 0 amide bonds. The summed E-state index contributed by atoms with van der Waals surface area (Å²) in [5.74, 6) is 1.19. The van der Waals surface area contributed by atoms with Crippen LogP contribution in [0.2, 0.25) is 0 Å². The monoisotopic (exact) mass is 508 g/mol. The van der Waals surface area contributed by atoms with E-state index in [-0.39, 0.29) is 16.9 Å². The van der Waals surface area contributed by atoms with Crippen LogP contribution in [0.3, 0.4) is 0 Å². The second-order valence-electron chi connectivity index (χ2n) is 13.3. The largest absolute Gasteiger partial charge is 0.483 e. The highest BCUT2D eigenvalue weighted by molar-refractivity contribution is 6.23. The van der Waals surface area contributed by atoms with Crippen LogP contribution in [0.15, 0.2) is 60.7 Å². The Kier molecular flexibility index (Phi) is 3.50. The molecule has 4 atom stereocenters. The minimum atomic E-state index is 0.0295. The van der Waals surface area contributed by atoms with Gasteiger partial charge in [-0.1, -0.05) is 61.5 Å². The van der Waals surface area contributed by atoms with Crippen molar-refractivity contribution in [1.29, 1.82) is 0 Å². The van der Waals surface area contributed by atoms with E-state index in [9.17, 15) is 0 Å². The first-order valence-electron chi connectivity index (χ1n) is 14.6. The number of hydrogen-bond donors (Lipinski definition) is 0. The van der Waals surface area contributed by atoms with E-state index in [0.29, 0.717) is 6.04 Å². The van der Waals surface area contributed by atoms with Gasteiger partial charge in [0, 0.05) is 34.8 Å². The number of nitrogens with zero attached hydrogens (tertiary/aromatic N) is 2. The summed E-state index contributed by atoms with van der Waals surface area (Å²) < 4.78 is 9.78. The summed E-state index contributed by atoms with van der Waals surface area (Å²) in [4.78, 5) is 2.66. The fraction of sp³-hybridized carbons (Fsp3) is 0.333. The van der Waals surface area contributed by atoms with Gasteiger partial charge in [-0.15, -0.1) is 0 Å². The Morgan fingerprint density at radius 3 is 2.54 bits per heavy atom. The molecule has 2 bridgehead atoms. The van der Waals surface area contributed by atoms with Gasteiger partial charge in [0.25, 0.3) is 0 Å². The van der Waals surface area contributed by atoms with Gasteiger partial charge in [0.2, 0.25) is 0 Å². The summed E-state index contributed by atoms with van der Waals surface area (Å²) in [6.07, 6.45) is 3.45. The van der Waals surface area contributed by atoms with Crippen molar-refractivity contribution in [1.82, 2.24) is 9.47 Å². The van der Waals surface area contributed by atoms with E-state index in [4.69, 9.17) is 4.74 Å². The Balaban J connectivity index is 1.35. The minimum absolute atomic E-state index is 0.0295. The van der Waals surface area contributed by atoms with Crippen molar-refractivity contribution >= 4 is 21.7 Å². The number of likely N-dealkylation sites (tertiary alicyclic amines) is 1. The molecule has 2 aliphatic heterocycles. The lowest BCUT2D eigenvalue weighted by Gasteiger charge is -2.64. The Bertz CT molecular complexity index is 1980. The van der Waals surface area contributed by atoms with Gasteiger partial charge in [-0.25, -0.2) is 0 Å². The number of hydrogen-bond acceptors (Lipinski definition) is 2. The predicted octanol–water partition coefficient (Wildman–Crippen LogP) is 7.48. The molecule has 1 aromatic heterocycles. The lowest BCUT2D eigenvalue weighted by Crippen LogP contribution is -2.68. The summed E-state index contributed by atoms with van der Waals surface area (Å²) in [5, 5.41) is 4.23. The number of benzene rings is 4. The third-order valence-corrected chi connectivity index (χ3v) is 11.9. The molecule has 0 unspecified atom stereocenters. The van der Waals surface area contributed by atoms with Gasteiger partial charge in [0.1, 0.15) is 11.9 Å². The fourth-order valence-electron chi connectivity index (χ4n) is 10.3. The summed E-state index contributed by atoms with van der Waals surface area (Å²) >= 11 is 0. The molecular weight excluding hydrogens is 476 g/mol. The molecule has 5 aliphatic rings. The second-order valence-corrected chi connectivity index (χ2v) is 13.3. The summed E-state index contributed by atoms with van der Waals surface area (Å²) in [5.41, 5.74) is 14.4. The lowest BCUT2D eigenvalue weighted by molar-refractivity contribution is -0.0912. The van der Waals surface area contributed by atoms with Crippen LogP contribution in [-0.4, -0.2) is 29.1 Å². The van der Waals surface area contributed by atoms with Crippen molar-refractivity contribution < 1.29 is 4.74 Å². The van der Waals surface area contributed by atoms with Crippen molar-refractivity contribution in [2.45, 2.75) is 50.7 Å². The Labute approximate surface area is 229 Å². The Morgan fingerprint density at radius 1 is 0.897 bits per heavy atom. The minimum Gasteiger partial charge on any atom is -0.483 e. The zero-order valence-corrected chi connectivity index (χ0v) is 23.1. The summed E-state index contributed by atoms with van der Waals surface area (Å²) in [7, 11) is 4.67. The van der Waals surface area contributed by atoms with E-state index < -0.39 is 0 Å². The number of piperidine rings is 1. The molecule has 39 heavy (non-hydrogen) atoms. The standard InChI is InChI=1S/C36H32N2O/c1-19-12-13-20-16-28-35(2)18-27-26-17-25-22-9-6-5-8-21(22)23-10-7-11-24(29(23)25)31(26)38(4)32(27)34-36(35,14-15-37(28)3)30(20)33(19)39-34/h5-13,17,28,34H,14-16,18H2,1-4H3/t28-,34+,35+,36+/m1/s1. The van der Waals surface area contributed by atoms with Crippen LogP contribution in [0.4, 0.5) is 0 Å². The summed E-state index contributed by atoms with van der Waals surface area (Å²) in [6.45, 7) is 5.99. The molecule has 1 fully saturated rings. The van der Waals surface area contributed by atoms with Gasteiger partial charge >= 0.3 is 0 Å². The maximum atomic E-state index is 7.24. The zero-order valence-electron chi connectivity index (χ0n) is 23.1. The Hall–Kier alpha value is -3.56. The number of aromatic nitrogens is 1. The number of fused-ring (bicyclic) bond motifs is 8. The molecule has 3 heteroatoms. The molecule has 3 nitrogen and oxygen atoms in total. The molecule has 0 N–H and O–H groups in total. The molecule has 0 saturated carbocycles. The fourth-order valence-corrected chi connectivity index (χ4v) is 10.3. The third kappa shape index (κ3) is 2.07. The van der Waals surface area contributed by atoms with Crippen molar-refractivity contribution in [3.05, 3.63) is 88.6 Å². The molecule has 3 aliphatic carbocycles. The van der Waals surface area contributed by atoms with Gasteiger partial charge in [0.15, 0.2) is 0 Å². The van der Waals surface area contributed by atoms with Crippen LogP contribution in [0.5, 0.6) is 5.75 Å². The van der Waals surface area contributed by atoms with Crippen LogP contribution in [0.1, 0.15) is 47.4 Å². The first kappa shape index (κ1) is 21.3. The average Bonchev–Trinajstić information content (AvgIpc) is 3.55. The molecule has 192 valence electrons. The Morgan fingerprint density at radius 2 is 1.69 bits per heavy atom. The van der Waals surface area contributed by atoms with E-state index in [1.165, 1.54) is 72.1 Å². The van der Waals surface area contributed by atoms with Crippen molar-refractivity contribution in [2.75, 3.05) is 13.6 Å². The van der Waals surface area contributed by atoms with Gasteiger partial charge in [0.05, 0.1) is 16.6 Å². The SMILES string of the molecule is Cc1ccc2c3c1O[C@H]1c4c(c5cc6c7c(cccc7c5n4C)-c4ccccc4-6)C[C@@]4(C)[C@@H](C2)N(C)CC[C@]314. The molecule has 1 saturated heterocycles. The maximum Gasteiger partial charge on any atom is 0.149 e. The van der Waals surface area contributed by atoms with E-state index in [2.05, 4.69) is 98.1 Å². The highest BCUT2D eigenvalue weighted by Gasteiger charge is 2.70. The number of ether oxygens (including phenoxy) is 1. The zero-order chi connectivity index (χ0) is 26.0. The molecular formula is C36H32N2O. The van der Waals surface area contributed by atoms with Gasteiger partial charge in [-0.05, 0) is 90.2 Å². The second kappa shape index (κ2) is 6.42. The molecule has 4 aromatic carbocycles. The quantitative estimate of drug-likeness (QED) is 0.212. The van der Waals surface area contributed by atoms with E-state index in [1.807, 2.05) is 0 Å². The predicted molar refractivity (Wildman–Crippen MR) is 158 cm³/mol. The molecule has 3 heterocycles. The van der Waals surface area contributed by atoms with Crippen LogP contribution in [0.25, 0.3) is 43.9 Å². The smallest absolute Gasteiger partial charge is 0.149 e. The maximum absolute atomic E-state index is 7.24. The topological polar surface area (TPSA) is 17.4 Å². The molecule has 10 rings (SSSR count). The number of aryl methyl sites for hydroxylation is 2. The highest BCUT2D eigenvalue weighted by atomic mass is 16.5. The molecule has 0 radical (unpaired) electrons. The van der Waals surface area contributed by atoms with Crippen molar-refractivity contribution in [2.24, 2.45) is 12.5 Å². The van der Waals surface area contributed by atoms with Crippen LogP contribution >= 0.6 is 0 Å². The van der Waals surface area contributed by atoms with Gasteiger partial charge in [-0.3, -0.25) is 0 Å². The average molecular weight is 509 g/mol. The van der Waals surface area contributed by atoms with Crippen LogP contribution < -0.4 is 4.74 Å². The van der Waals surface area contributed by atoms with Crippen molar-refractivity contribution in [3.63, 3.8) is 0 Å². The third-order valence-electron chi connectivity index (χ3n) is 11.9. The van der Waals surface area contributed by atoms with E-state index in [0.717, 1.165) is 25.8 Å². The lowest BCUT2D eigenvalue weighted by atomic mass is 9.44. The number of rotatable bonds is 0. The first-order chi connectivity index (χ1) is 18.9. The normalized spacial score (nSPS) is 28.9. The first-order valence-corrected chi connectivity index (χ1v) is 14.6. The van der Waals surface area contributed by atoms with Crippen LogP contribution in [-0.2, 0) is 25.3 Å². The number of likely N-dealkylation sites (N-methyl/N-ethyl adjacent to an activating group) is 1. The van der Waals surface area contributed by atoms with E-state index >= 15 is 0 Å². The van der Waals surface area contributed by atoms with Crippen LogP contribution in [0, 0.1) is 12.3 Å². The highest BCUT2D eigenvalue weighted by Crippen LogP contribution is 2.71. The van der Waals surface area contributed by atoms with Gasteiger partial charge < -0.3 is 14.2 Å².